The minimum Gasteiger partial charge on any atom is -0.493 e. The highest BCUT2D eigenvalue weighted by Crippen LogP contribution is 2.34. The molecule has 4 rings (SSSR count). The van der Waals surface area contributed by atoms with Gasteiger partial charge in [-0.3, -0.25) is 0 Å². The zero-order valence-corrected chi connectivity index (χ0v) is 17.6. The average molecular weight is 451 g/mol. The standard InChI is InChI=1S/C23H19F2N5O3/c1-32-20-10-16-19(11-21(20)33-2)26-12-27-22(16)28-14-4-6-15(7-5-14)29-23(31)30-18-8-3-13(24)9-17(18)25/h3-12H,1-2H3,(H,26,27,28)(H2,29,30,31). The number of amides is 2. The molecule has 0 aliphatic rings. The SMILES string of the molecule is COc1cc2ncnc(Nc3ccc(NC(=O)Nc4ccc(F)cc4F)cc3)c2cc1OC. The Morgan fingerprint density at radius 3 is 2.24 bits per heavy atom. The predicted octanol–water partition coefficient (Wildman–Crippen LogP) is 5.31. The van der Waals surface area contributed by atoms with E-state index in [0.717, 1.165) is 17.5 Å². The quantitative estimate of drug-likeness (QED) is 0.367. The molecule has 3 aromatic carbocycles. The normalized spacial score (nSPS) is 10.5. The number of methoxy groups -OCH3 is 2. The summed E-state index contributed by atoms with van der Waals surface area (Å²) in [7, 11) is 3.10. The van der Waals surface area contributed by atoms with E-state index in [0.29, 0.717) is 40.3 Å². The summed E-state index contributed by atoms with van der Waals surface area (Å²) in [5, 5.41) is 8.86. The molecule has 1 aromatic heterocycles. The first kappa shape index (κ1) is 21.8. The van der Waals surface area contributed by atoms with Crippen molar-refractivity contribution in [3.8, 4) is 11.5 Å². The van der Waals surface area contributed by atoms with Gasteiger partial charge in [0.15, 0.2) is 11.5 Å². The zero-order chi connectivity index (χ0) is 23.4. The maximum Gasteiger partial charge on any atom is 0.323 e. The molecular weight excluding hydrogens is 432 g/mol. The van der Waals surface area contributed by atoms with Crippen LogP contribution in [0.2, 0.25) is 0 Å². The van der Waals surface area contributed by atoms with E-state index in [-0.39, 0.29) is 5.69 Å². The highest BCUT2D eigenvalue weighted by atomic mass is 19.1. The van der Waals surface area contributed by atoms with Crippen molar-refractivity contribution in [2.45, 2.75) is 0 Å². The number of fused-ring (bicyclic) bond motifs is 1. The van der Waals surface area contributed by atoms with E-state index in [1.165, 1.54) is 6.33 Å². The Kier molecular flexibility index (Phi) is 6.16. The Balaban J connectivity index is 1.47. The Labute approximate surface area is 187 Å². The van der Waals surface area contributed by atoms with Crippen LogP contribution in [0, 0.1) is 11.6 Å². The molecule has 0 aliphatic heterocycles. The van der Waals surface area contributed by atoms with Gasteiger partial charge in [0.2, 0.25) is 0 Å². The van der Waals surface area contributed by atoms with Gasteiger partial charge in [0, 0.05) is 28.9 Å². The number of hydrogen-bond donors (Lipinski definition) is 3. The second-order valence-electron chi connectivity index (χ2n) is 6.85. The van der Waals surface area contributed by atoms with E-state index in [1.807, 2.05) is 0 Å². The molecule has 33 heavy (non-hydrogen) atoms. The number of nitrogens with zero attached hydrogens (tertiary/aromatic N) is 2. The van der Waals surface area contributed by atoms with Crippen molar-refractivity contribution >= 4 is 39.8 Å². The fourth-order valence-electron chi connectivity index (χ4n) is 3.13. The maximum atomic E-state index is 13.7. The van der Waals surface area contributed by atoms with Gasteiger partial charge in [-0.2, -0.15) is 0 Å². The average Bonchev–Trinajstić information content (AvgIpc) is 2.81. The predicted molar refractivity (Wildman–Crippen MR) is 121 cm³/mol. The molecule has 4 aromatic rings. The molecular formula is C23H19F2N5O3. The molecule has 10 heteroatoms. The highest BCUT2D eigenvalue weighted by molar-refractivity contribution is 6.00. The Morgan fingerprint density at radius 2 is 1.55 bits per heavy atom. The van der Waals surface area contributed by atoms with E-state index in [4.69, 9.17) is 9.47 Å². The summed E-state index contributed by atoms with van der Waals surface area (Å²) in [6, 6.07) is 12.6. The van der Waals surface area contributed by atoms with Crippen molar-refractivity contribution in [1.82, 2.24) is 9.97 Å². The molecule has 0 aliphatic carbocycles. The topological polar surface area (TPSA) is 97.4 Å². The first-order valence-corrected chi connectivity index (χ1v) is 9.73. The number of hydrogen-bond acceptors (Lipinski definition) is 6. The minimum atomic E-state index is -0.865. The molecule has 0 atom stereocenters. The fraction of sp³-hybridized carbons (Fsp3) is 0.0870. The monoisotopic (exact) mass is 451 g/mol. The number of carbonyl (C=O) groups is 1. The molecule has 0 unspecified atom stereocenters. The van der Waals surface area contributed by atoms with Crippen molar-refractivity contribution in [2.75, 3.05) is 30.2 Å². The molecule has 3 N–H and O–H groups in total. The van der Waals surface area contributed by atoms with Crippen molar-refractivity contribution in [1.29, 1.82) is 0 Å². The van der Waals surface area contributed by atoms with E-state index in [2.05, 4.69) is 25.9 Å². The van der Waals surface area contributed by atoms with E-state index in [1.54, 1.807) is 50.6 Å². The van der Waals surface area contributed by atoms with E-state index < -0.39 is 17.7 Å². The third kappa shape index (κ3) is 4.90. The lowest BCUT2D eigenvalue weighted by Gasteiger charge is -2.13. The number of ether oxygens (including phenoxy) is 2. The first-order chi connectivity index (χ1) is 16.0. The van der Waals surface area contributed by atoms with Crippen LogP contribution < -0.4 is 25.4 Å². The van der Waals surface area contributed by atoms with E-state index >= 15 is 0 Å². The molecule has 8 nitrogen and oxygen atoms in total. The van der Waals surface area contributed by atoms with Crippen LogP contribution in [0.1, 0.15) is 0 Å². The molecule has 0 fully saturated rings. The van der Waals surface area contributed by atoms with Gasteiger partial charge in [-0.05, 0) is 42.5 Å². The van der Waals surface area contributed by atoms with Crippen molar-refractivity contribution in [2.24, 2.45) is 0 Å². The Morgan fingerprint density at radius 1 is 0.848 bits per heavy atom. The lowest BCUT2D eigenvalue weighted by Crippen LogP contribution is -2.20. The second-order valence-corrected chi connectivity index (χ2v) is 6.85. The molecule has 0 spiro atoms. The second kappa shape index (κ2) is 9.35. The van der Waals surface area contributed by atoms with Crippen LogP contribution in [0.3, 0.4) is 0 Å². The van der Waals surface area contributed by atoms with Crippen LogP contribution in [0.4, 0.5) is 36.5 Å². The number of rotatable bonds is 6. The smallest absolute Gasteiger partial charge is 0.323 e. The molecule has 168 valence electrons. The first-order valence-electron chi connectivity index (χ1n) is 9.73. The van der Waals surface area contributed by atoms with Crippen LogP contribution >= 0.6 is 0 Å². The molecule has 0 saturated heterocycles. The fourth-order valence-corrected chi connectivity index (χ4v) is 3.13. The lowest BCUT2D eigenvalue weighted by atomic mass is 10.2. The largest absolute Gasteiger partial charge is 0.493 e. The van der Waals surface area contributed by atoms with Gasteiger partial charge in [0.1, 0.15) is 23.8 Å². The number of halogens is 2. The number of nitrogens with one attached hydrogen (secondary N) is 3. The number of aromatic nitrogens is 2. The molecule has 1 heterocycles. The Hall–Kier alpha value is -4.47. The van der Waals surface area contributed by atoms with Gasteiger partial charge in [0.25, 0.3) is 0 Å². The highest BCUT2D eigenvalue weighted by Gasteiger charge is 2.12. The minimum absolute atomic E-state index is 0.130. The van der Waals surface area contributed by atoms with Crippen LogP contribution in [0.25, 0.3) is 10.9 Å². The molecule has 0 saturated carbocycles. The zero-order valence-electron chi connectivity index (χ0n) is 17.6. The van der Waals surface area contributed by atoms with Crippen molar-refractivity contribution < 1.29 is 23.0 Å². The number of carbonyl (C=O) groups excluding carboxylic acids is 1. The number of urea groups is 1. The summed E-state index contributed by atoms with van der Waals surface area (Å²) >= 11 is 0. The lowest BCUT2D eigenvalue weighted by molar-refractivity contribution is 0.262. The van der Waals surface area contributed by atoms with Gasteiger partial charge in [-0.25, -0.2) is 23.5 Å². The van der Waals surface area contributed by atoms with Gasteiger partial charge >= 0.3 is 6.03 Å². The summed E-state index contributed by atoms with van der Waals surface area (Å²) in [5.41, 5.74) is 1.72. The van der Waals surface area contributed by atoms with Gasteiger partial charge < -0.3 is 25.4 Å². The molecule has 0 bridgehead atoms. The van der Waals surface area contributed by atoms with Crippen LogP contribution in [0.5, 0.6) is 11.5 Å². The maximum absolute atomic E-state index is 13.7. The number of anilines is 4. The van der Waals surface area contributed by atoms with Crippen LogP contribution in [-0.2, 0) is 0 Å². The number of benzene rings is 3. The molecule has 0 radical (unpaired) electrons. The summed E-state index contributed by atoms with van der Waals surface area (Å²) in [6.45, 7) is 0. The third-order valence-corrected chi connectivity index (χ3v) is 4.73. The van der Waals surface area contributed by atoms with Gasteiger partial charge in [0.05, 0.1) is 25.4 Å². The summed E-state index contributed by atoms with van der Waals surface area (Å²) < 4.78 is 37.4. The molecule has 2 amide bonds. The van der Waals surface area contributed by atoms with Crippen LogP contribution in [-0.4, -0.2) is 30.2 Å². The van der Waals surface area contributed by atoms with Gasteiger partial charge in [-0.15, -0.1) is 0 Å². The Bertz CT molecular complexity index is 1320. The van der Waals surface area contributed by atoms with Crippen molar-refractivity contribution in [3.05, 3.63) is 72.6 Å². The van der Waals surface area contributed by atoms with Crippen molar-refractivity contribution in [3.63, 3.8) is 0 Å². The van der Waals surface area contributed by atoms with Gasteiger partial charge in [-0.1, -0.05) is 0 Å². The van der Waals surface area contributed by atoms with Crippen LogP contribution in [0.15, 0.2) is 60.9 Å². The summed E-state index contributed by atoms with van der Waals surface area (Å²) in [6.07, 6.45) is 1.44. The third-order valence-electron chi connectivity index (χ3n) is 4.73. The summed E-state index contributed by atoms with van der Waals surface area (Å²) in [4.78, 5) is 20.7. The van der Waals surface area contributed by atoms with E-state index in [9.17, 15) is 13.6 Å². The summed E-state index contributed by atoms with van der Waals surface area (Å²) in [5.74, 6) is 0.0766.